The Hall–Kier alpha value is -0.540. The van der Waals surface area contributed by atoms with E-state index in [1.165, 1.54) is 60.9 Å². The summed E-state index contributed by atoms with van der Waals surface area (Å²) in [4.78, 5) is 2.63. The summed E-state index contributed by atoms with van der Waals surface area (Å²) in [6.07, 6.45) is 7.20. The Morgan fingerprint density at radius 2 is 2.00 bits per heavy atom. The van der Waals surface area contributed by atoms with Crippen LogP contribution in [-0.2, 0) is 6.54 Å². The zero-order valence-corrected chi connectivity index (χ0v) is 14.0. The van der Waals surface area contributed by atoms with Gasteiger partial charge in [0.2, 0.25) is 0 Å². The minimum absolute atomic E-state index is 0.930. The Balaban J connectivity index is 1.80. The fourth-order valence-corrected chi connectivity index (χ4v) is 4.34. The number of hydrogen-bond acceptors (Lipinski definition) is 2. The van der Waals surface area contributed by atoms with Crippen LogP contribution in [0.4, 0.5) is 5.69 Å². The monoisotopic (exact) mass is 336 g/mol. The lowest BCUT2D eigenvalue weighted by molar-refractivity contribution is 0.202. The molecule has 2 aliphatic rings. The molecule has 0 aromatic heterocycles. The molecule has 20 heavy (non-hydrogen) atoms. The molecule has 0 radical (unpaired) electrons. The molecule has 2 fully saturated rings. The average Bonchev–Trinajstić information content (AvgIpc) is 2.49. The molecule has 0 spiro atoms. The maximum absolute atomic E-state index is 3.64. The summed E-state index contributed by atoms with van der Waals surface area (Å²) in [5, 5.41) is 3.30. The van der Waals surface area contributed by atoms with Gasteiger partial charge in [0, 0.05) is 29.8 Å². The third-order valence-electron chi connectivity index (χ3n) is 5.05. The Kier molecular flexibility index (Phi) is 4.67. The molecule has 3 heteroatoms. The van der Waals surface area contributed by atoms with E-state index in [0.717, 1.165) is 18.4 Å². The maximum atomic E-state index is 3.64. The number of nitrogens with one attached hydrogen (secondary N) is 1. The van der Waals surface area contributed by atoms with Crippen molar-refractivity contribution in [3.63, 3.8) is 0 Å². The fourth-order valence-electron chi connectivity index (χ4n) is 3.99. The number of anilines is 1. The van der Waals surface area contributed by atoms with Crippen LogP contribution >= 0.6 is 15.9 Å². The standard InChI is InChI=1S/C17H25BrN2/c1-19-11-14-6-7-16(18)10-17(14)20-9-8-13-4-2-3-5-15(13)12-20/h6-7,10,13,15,19H,2-5,8-9,11-12H2,1H3. The summed E-state index contributed by atoms with van der Waals surface area (Å²) in [7, 11) is 2.03. The third-order valence-corrected chi connectivity index (χ3v) is 5.54. The van der Waals surface area contributed by atoms with Gasteiger partial charge in [0.25, 0.3) is 0 Å². The number of hydrogen-bond donors (Lipinski definition) is 1. The number of nitrogens with zero attached hydrogens (tertiary/aromatic N) is 1. The first-order valence-corrected chi connectivity index (χ1v) is 8.75. The molecule has 0 bridgehead atoms. The summed E-state index contributed by atoms with van der Waals surface area (Å²) in [6.45, 7) is 3.44. The lowest BCUT2D eigenvalue weighted by atomic mass is 9.75. The second kappa shape index (κ2) is 6.48. The van der Waals surface area contributed by atoms with Gasteiger partial charge >= 0.3 is 0 Å². The Bertz CT molecular complexity index is 460. The quantitative estimate of drug-likeness (QED) is 0.890. The van der Waals surface area contributed by atoms with Crippen LogP contribution in [0, 0.1) is 11.8 Å². The average molecular weight is 337 g/mol. The van der Waals surface area contributed by atoms with E-state index < -0.39 is 0 Å². The van der Waals surface area contributed by atoms with Crippen LogP contribution in [0.5, 0.6) is 0 Å². The van der Waals surface area contributed by atoms with Crippen molar-refractivity contribution in [2.45, 2.75) is 38.6 Å². The highest BCUT2D eigenvalue weighted by molar-refractivity contribution is 9.10. The SMILES string of the molecule is CNCc1ccc(Br)cc1N1CCC2CCCCC2C1. The molecule has 0 amide bonds. The summed E-state index contributed by atoms with van der Waals surface area (Å²) in [5.41, 5.74) is 2.85. The van der Waals surface area contributed by atoms with E-state index in [0.29, 0.717) is 0 Å². The first-order valence-electron chi connectivity index (χ1n) is 7.96. The van der Waals surface area contributed by atoms with Crippen LogP contribution in [0.3, 0.4) is 0 Å². The Labute approximate surface area is 131 Å². The molecule has 110 valence electrons. The second-order valence-corrected chi connectivity index (χ2v) is 7.26. The van der Waals surface area contributed by atoms with Crippen LogP contribution in [0.1, 0.15) is 37.7 Å². The van der Waals surface area contributed by atoms with E-state index in [1.54, 1.807) is 0 Å². The van der Waals surface area contributed by atoms with Crippen molar-refractivity contribution in [2.24, 2.45) is 11.8 Å². The Morgan fingerprint density at radius 1 is 1.20 bits per heavy atom. The molecule has 1 aliphatic carbocycles. The van der Waals surface area contributed by atoms with Crippen molar-refractivity contribution in [2.75, 3.05) is 25.0 Å². The first kappa shape index (κ1) is 14.4. The van der Waals surface area contributed by atoms with Crippen molar-refractivity contribution >= 4 is 21.6 Å². The van der Waals surface area contributed by atoms with Gasteiger partial charge in [-0.05, 0) is 49.4 Å². The molecule has 3 rings (SSSR count). The van der Waals surface area contributed by atoms with Crippen molar-refractivity contribution in [1.82, 2.24) is 5.32 Å². The van der Waals surface area contributed by atoms with E-state index in [9.17, 15) is 0 Å². The minimum Gasteiger partial charge on any atom is -0.371 e. The van der Waals surface area contributed by atoms with Gasteiger partial charge in [0.1, 0.15) is 0 Å². The van der Waals surface area contributed by atoms with E-state index in [4.69, 9.17) is 0 Å². The minimum atomic E-state index is 0.930. The Morgan fingerprint density at radius 3 is 2.80 bits per heavy atom. The van der Waals surface area contributed by atoms with Gasteiger partial charge in [-0.2, -0.15) is 0 Å². The molecule has 1 aromatic rings. The van der Waals surface area contributed by atoms with Crippen molar-refractivity contribution < 1.29 is 0 Å². The summed E-state index contributed by atoms with van der Waals surface area (Å²) < 4.78 is 1.19. The van der Waals surface area contributed by atoms with Crippen molar-refractivity contribution in [3.05, 3.63) is 28.2 Å². The number of benzene rings is 1. The highest BCUT2D eigenvalue weighted by Gasteiger charge is 2.31. The van der Waals surface area contributed by atoms with Crippen LogP contribution < -0.4 is 10.2 Å². The van der Waals surface area contributed by atoms with Gasteiger partial charge in [0.15, 0.2) is 0 Å². The van der Waals surface area contributed by atoms with Crippen molar-refractivity contribution in [1.29, 1.82) is 0 Å². The molecule has 1 aliphatic heterocycles. The summed E-state index contributed by atoms with van der Waals surface area (Å²) in [5.74, 6) is 1.93. The number of halogens is 1. The lowest BCUT2D eigenvalue weighted by Gasteiger charge is -2.43. The smallest absolute Gasteiger partial charge is 0.0423 e. The number of rotatable bonds is 3. The molecule has 1 aromatic carbocycles. The normalized spacial score (nSPS) is 26.4. The van der Waals surface area contributed by atoms with E-state index in [1.807, 2.05) is 7.05 Å². The van der Waals surface area contributed by atoms with Gasteiger partial charge in [-0.25, -0.2) is 0 Å². The van der Waals surface area contributed by atoms with Crippen LogP contribution in [0.15, 0.2) is 22.7 Å². The summed E-state index contributed by atoms with van der Waals surface area (Å²) in [6, 6.07) is 6.71. The van der Waals surface area contributed by atoms with Gasteiger partial charge < -0.3 is 10.2 Å². The molecule has 1 saturated carbocycles. The lowest BCUT2D eigenvalue weighted by Crippen LogP contribution is -2.42. The predicted octanol–water partition coefficient (Wildman–Crippen LogP) is 4.19. The predicted molar refractivity (Wildman–Crippen MR) is 89.2 cm³/mol. The second-order valence-electron chi connectivity index (χ2n) is 6.34. The summed E-state index contributed by atoms with van der Waals surface area (Å²) >= 11 is 3.64. The van der Waals surface area contributed by atoms with Crippen LogP contribution in [0.2, 0.25) is 0 Å². The van der Waals surface area contributed by atoms with Gasteiger partial charge in [-0.1, -0.05) is 41.3 Å². The van der Waals surface area contributed by atoms with E-state index >= 15 is 0 Å². The highest BCUT2D eigenvalue weighted by atomic mass is 79.9. The molecule has 1 heterocycles. The molecule has 1 N–H and O–H groups in total. The van der Waals surface area contributed by atoms with Crippen molar-refractivity contribution in [3.8, 4) is 0 Å². The molecule has 2 nitrogen and oxygen atoms in total. The van der Waals surface area contributed by atoms with Gasteiger partial charge in [0.05, 0.1) is 0 Å². The zero-order valence-electron chi connectivity index (χ0n) is 12.4. The molecular weight excluding hydrogens is 312 g/mol. The molecule has 2 atom stereocenters. The molecule has 2 unspecified atom stereocenters. The number of fused-ring (bicyclic) bond motifs is 1. The highest BCUT2D eigenvalue weighted by Crippen LogP contribution is 2.38. The number of piperidine rings is 1. The van der Waals surface area contributed by atoms with Gasteiger partial charge in [-0.3, -0.25) is 0 Å². The topological polar surface area (TPSA) is 15.3 Å². The largest absolute Gasteiger partial charge is 0.371 e. The van der Waals surface area contributed by atoms with E-state index in [-0.39, 0.29) is 0 Å². The molecule has 1 saturated heterocycles. The van der Waals surface area contributed by atoms with Crippen LogP contribution in [-0.4, -0.2) is 20.1 Å². The zero-order chi connectivity index (χ0) is 13.9. The first-order chi connectivity index (χ1) is 9.78. The fraction of sp³-hybridized carbons (Fsp3) is 0.647. The maximum Gasteiger partial charge on any atom is 0.0423 e. The molecular formula is C17H25BrN2. The van der Waals surface area contributed by atoms with Crippen LogP contribution in [0.25, 0.3) is 0 Å². The van der Waals surface area contributed by atoms with Gasteiger partial charge in [-0.15, -0.1) is 0 Å². The van der Waals surface area contributed by atoms with E-state index in [2.05, 4.69) is 44.3 Å². The third kappa shape index (κ3) is 3.04.